The minimum atomic E-state index is -3.10. The Morgan fingerprint density at radius 1 is 1.03 bits per heavy atom. The van der Waals surface area contributed by atoms with E-state index in [-0.39, 0.29) is 30.1 Å². The van der Waals surface area contributed by atoms with Gasteiger partial charge >= 0.3 is 0 Å². The van der Waals surface area contributed by atoms with Crippen LogP contribution in [-0.4, -0.2) is 56.5 Å². The molecule has 1 amide bonds. The fourth-order valence-corrected chi connectivity index (χ4v) is 5.52. The lowest BCUT2D eigenvalue weighted by molar-refractivity contribution is -0.136. The molecule has 1 atom stereocenters. The lowest BCUT2D eigenvalue weighted by Gasteiger charge is -2.29. The van der Waals surface area contributed by atoms with Gasteiger partial charge in [-0.2, -0.15) is 0 Å². The van der Waals surface area contributed by atoms with Gasteiger partial charge in [-0.25, -0.2) is 8.42 Å². The second-order valence-corrected chi connectivity index (χ2v) is 9.75. The number of carbonyl (C=O) groups is 1. The molecule has 0 saturated carbocycles. The van der Waals surface area contributed by atoms with Crippen LogP contribution in [0.25, 0.3) is 0 Å². The first-order valence-electron chi connectivity index (χ1n) is 10.4. The van der Waals surface area contributed by atoms with E-state index in [2.05, 4.69) is 30.9 Å². The standard InChI is InChI=1S/C23H30N2O4S/c1-3-24(4-2)20-12-10-19(11-13-20)16-25(21-14-15-30(27,28)18-21)23(26)17-29-22-8-6-5-7-9-22/h5-13,21H,3-4,14-18H2,1-2H3. The van der Waals surface area contributed by atoms with E-state index in [4.69, 9.17) is 4.74 Å². The number of carbonyl (C=O) groups excluding carboxylic acids is 1. The van der Waals surface area contributed by atoms with Crippen molar-refractivity contribution >= 4 is 21.4 Å². The molecule has 1 aliphatic rings. The predicted octanol–water partition coefficient (Wildman–Crippen LogP) is 3.13. The lowest BCUT2D eigenvalue weighted by atomic mass is 10.1. The van der Waals surface area contributed by atoms with Gasteiger partial charge in [-0.1, -0.05) is 30.3 Å². The Morgan fingerprint density at radius 3 is 2.27 bits per heavy atom. The van der Waals surface area contributed by atoms with Crippen molar-refractivity contribution in [3.05, 3.63) is 60.2 Å². The van der Waals surface area contributed by atoms with Gasteiger partial charge < -0.3 is 14.5 Å². The molecule has 0 spiro atoms. The van der Waals surface area contributed by atoms with Crippen molar-refractivity contribution in [3.8, 4) is 5.75 Å². The van der Waals surface area contributed by atoms with Gasteiger partial charge in [-0.15, -0.1) is 0 Å². The first-order valence-corrected chi connectivity index (χ1v) is 12.3. The van der Waals surface area contributed by atoms with E-state index in [1.807, 2.05) is 30.3 Å². The zero-order valence-corrected chi connectivity index (χ0v) is 18.5. The first kappa shape index (κ1) is 22.2. The maximum Gasteiger partial charge on any atom is 0.261 e. The van der Waals surface area contributed by atoms with Gasteiger partial charge in [0.25, 0.3) is 5.91 Å². The average Bonchev–Trinajstić information content (AvgIpc) is 3.12. The Hall–Kier alpha value is -2.54. The summed E-state index contributed by atoms with van der Waals surface area (Å²) in [5, 5.41) is 0. The topological polar surface area (TPSA) is 66.9 Å². The van der Waals surface area contributed by atoms with Crippen molar-refractivity contribution in [3.63, 3.8) is 0 Å². The molecule has 1 aliphatic heterocycles. The number of hydrogen-bond acceptors (Lipinski definition) is 5. The molecule has 0 N–H and O–H groups in total. The highest BCUT2D eigenvalue weighted by Crippen LogP contribution is 2.22. The van der Waals surface area contributed by atoms with Gasteiger partial charge in [-0.05, 0) is 50.1 Å². The number of benzene rings is 2. The molecule has 3 rings (SSSR count). The lowest BCUT2D eigenvalue weighted by Crippen LogP contribution is -2.43. The van der Waals surface area contributed by atoms with Gasteiger partial charge in [-0.3, -0.25) is 4.79 Å². The molecule has 30 heavy (non-hydrogen) atoms. The summed E-state index contributed by atoms with van der Waals surface area (Å²) in [6.07, 6.45) is 0.469. The normalized spacial score (nSPS) is 17.5. The van der Waals surface area contributed by atoms with E-state index in [9.17, 15) is 13.2 Å². The Kier molecular flexibility index (Phi) is 7.37. The van der Waals surface area contributed by atoms with Crippen LogP contribution in [0, 0.1) is 0 Å². The minimum absolute atomic E-state index is 0.0155. The molecule has 0 aromatic heterocycles. The van der Waals surface area contributed by atoms with E-state index in [0.717, 1.165) is 24.3 Å². The second-order valence-electron chi connectivity index (χ2n) is 7.52. The molecule has 0 aliphatic carbocycles. The van der Waals surface area contributed by atoms with Crippen LogP contribution in [0.1, 0.15) is 25.8 Å². The summed E-state index contributed by atoms with van der Waals surface area (Å²) in [5.41, 5.74) is 2.11. The number of amides is 1. The largest absolute Gasteiger partial charge is 0.484 e. The second kappa shape index (κ2) is 9.98. The number of hydrogen-bond donors (Lipinski definition) is 0. The van der Waals surface area contributed by atoms with Gasteiger partial charge in [0.05, 0.1) is 11.5 Å². The van der Waals surface area contributed by atoms with E-state index in [1.54, 1.807) is 17.0 Å². The molecule has 2 aromatic rings. The predicted molar refractivity (Wildman–Crippen MR) is 120 cm³/mol. The average molecular weight is 431 g/mol. The fraction of sp³-hybridized carbons (Fsp3) is 0.435. The van der Waals surface area contributed by atoms with Crippen LogP contribution in [0.15, 0.2) is 54.6 Å². The van der Waals surface area contributed by atoms with E-state index < -0.39 is 9.84 Å². The van der Waals surface area contributed by atoms with Crippen molar-refractivity contribution < 1.29 is 17.9 Å². The Labute approximate surface area is 179 Å². The van der Waals surface area contributed by atoms with Crippen molar-refractivity contribution in [1.29, 1.82) is 0 Å². The summed E-state index contributed by atoms with van der Waals surface area (Å²) in [5.74, 6) is 0.561. The summed E-state index contributed by atoms with van der Waals surface area (Å²) >= 11 is 0. The molecule has 1 saturated heterocycles. The first-order chi connectivity index (χ1) is 14.4. The fourth-order valence-electron chi connectivity index (χ4n) is 3.78. The molecular weight excluding hydrogens is 400 g/mol. The van der Waals surface area contributed by atoms with E-state index in [1.165, 1.54) is 0 Å². The van der Waals surface area contributed by atoms with Crippen molar-refractivity contribution in [1.82, 2.24) is 4.90 Å². The number of ether oxygens (including phenoxy) is 1. The summed E-state index contributed by atoms with van der Waals surface area (Å²) in [7, 11) is -3.10. The van der Waals surface area contributed by atoms with Crippen molar-refractivity contribution in [2.75, 3.05) is 36.1 Å². The molecular formula is C23H30N2O4S. The highest BCUT2D eigenvalue weighted by atomic mass is 32.2. The van der Waals surface area contributed by atoms with Gasteiger partial charge in [0.1, 0.15) is 5.75 Å². The zero-order chi connectivity index (χ0) is 21.6. The third-order valence-electron chi connectivity index (χ3n) is 5.49. The number of para-hydroxylation sites is 1. The SMILES string of the molecule is CCN(CC)c1ccc(CN(C(=O)COc2ccccc2)C2CCS(=O)(=O)C2)cc1. The third-order valence-corrected chi connectivity index (χ3v) is 7.24. The van der Waals surface area contributed by atoms with Crippen molar-refractivity contribution in [2.24, 2.45) is 0 Å². The van der Waals surface area contributed by atoms with Crippen LogP contribution in [0.4, 0.5) is 5.69 Å². The van der Waals surface area contributed by atoms with Crippen LogP contribution in [0.2, 0.25) is 0 Å². The maximum atomic E-state index is 13.0. The summed E-state index contributed by atoms with van der Waals surface area (Å²) in [6, 6.07) is 17.0. The minimum Gasteiger partial charge on any atom is -0.484 e. The van der Waals surface area contributed by atoms with Crippen LogP contribution >= 0.6 is 0 Å². The maximum absolute atomic E-state index is 13.0. The quantitative estimate of drug-likeness (QED) is 0.612. The van der Waals surface area contributed by atoms with Crippen LogP contribution < -0.4 is 9.64 Å². The molecule has 0 radical (unpaired) electrons. The van der Waals surface area contributed by atoms with Gasteiger partial charge in [0, 0.05) is 31.4 Å². The number of anilines is 1. The zero-order valence-electron chi connectivity index (χ0n) is 17.7. The van der Waals surface area contributed by atoms with Crippen molar-refractivity contribution in [2.45, 2.75) is 32.9 Å². The van der Waals surface area contributed by atoms with Crippen LogP contribution in [0.3, 0.4) is 0 Å². The molecule has 1 heterocycles. The molecule has 1 unspecified atom stereocenters. The molecule has 6 nitrogen and oxygen atoms in total. The Morgan fingerprint density at radius 2 is 1.70 bits per heavy atom. The van der Waals surface area contributed by atoms with Crippen LogP contribution in [-0.2, 0) is 21.2 Å². The molecule has 0 bridgehead atoms. The number of rotatable bonds is 9. The molecule has 2 aromatic carbocycles. The summed E-state index contributed by atoms with van der Waals surface area (Å²) in [4.78, 5) is 16.9. The smallest absolute Gasteiger partial charge is 0.261 e. The van der Waals surface area contributed by atoms with Gasteiger partial charge in [0.2, 0.25) is 0 Å². The van der Waals surface area contributed by atoms with Crippen LogP contribution in [0.5, 0.6) is 5.75 Å². The highest BCUT2D eigenvalue weighted by molar-refractivity contribution is 7.91. The van der Waals surface area contributed by atoms with E-state index >= 15 is 0 Å². The highest BCUT2D eigenvalue weighted by Gasteiger charge is 2.34. The summed E-state index contributed by atoms with van der Waals surface area (Å²) < 4.78 is 29.7. The van der Waals surface area contributed by atoms with Gasteiger partial charge in [0.15, 0.2) is 16.4 Å². The third kappa shape index (κ3) is 5.75. The monoisotopic (exact) mass is 430 g/mol. The Bertz CT molecular complexity index is 925. The number of sulfone groups is 1. The number of nitrogens with zero attached hydrogens (tertiary/aromatic N) is 2. The molecule has 7 heteroatoms. The van der Waals surface area contributed by atoms with E-state index in [0.29, 0.717) is 18.7 Å². The Balaban J connectivity index is 1.73. The molecule has 1 fully saturated rings. The summed E-state index contributed by atoms with van der Waals surface area (Å²) in [6.45, 7) is 6.35. The molecule has 162 valence electrons.